The highest BCUT2D eigenvalue weighted by Crippen LogP contribution is 2.11. The molecule has 3 rings (SSSR count). The Morgan fingerprint density at radius 2 is 1.81 bits per heavy atom. The number of rotatable bonds is 8. The highest BCUT2D eigenvalue weighted by atomic mass is 127. The zero-order chi connectivity index (χ0) is 22.1. The minimum absolute atomic E-state index is 0. The van der Waals surface area contributed by atoms with Gasteiger partial charge in [-0.3, -0.25) is 0 Å². The van der Waals surface area contributed by atoms with Gasteiger partial charge in [0, 0.05) is 6.54 Å². The van der Waals surface area contributed by atoms with E-state index >= 15 is 0 Å². The summed E-state index contributed by atoms with van der Waals surface area (Å²) in [4.78, 5) is 21.4. The SMILES string of the molecule is CCNC(=NCc1cccc(C(=O)OCc2ccccc2)c1)NCc1nc(C)c(C)o1.I. The van der Waals surface area contributed by atoms with Crippen LogP contribution in [0.5, 0.6) is 0 Å². The molecular weight excluding hydrogens is 519 g/mol. The molecule has 0 aliphatic carbocycles. The first-order valence-corrected chi connectivity index (χ1v) is 10.3. The number of benzene rings is 2. The molecule has 8 heteroatoms. The van der Waals surface area contributed by atoms with E-state index in [9.17, 15) is 4.79 Å². The lowest BCUT2D eigenvalue weighted by Crippen LogP contribution is -2.36. The average Bonchev–Trinajstić information content (AvgIpc) is 3.12. The van der Waals surface area contributed by atoms with Gasteiger partial charge in [-0.25, -0.2) is 14.8 Å². The van der Waals surface area contributed by atoms with E-state index in [4.69, 9.17) is 9.15 Å². The van der Waals surface area contributed by atoms with Gasteiger partial charge in [0.05, 0.1) is 24.3 Å². The lowest BCUT2D eigenvalue weighted by Gasteiger charge is -2.10. The predicted molar refractivity (Wildman–Crippen MR) is 135 cm³/mol. The normalized spacial score (nSPS) is 10.9. The Bertz CT molecular complexity index is 1020. The van der Waals surface area contributed by atoms with Crippen molar-refractivity contribution < 1.29 is 13.9 Å². The largest absolute Gasteiger partial charge is 0.457 e. The first-order chi connectivity index (χ1) is 15.0. The van der Waals surface area contributed by atoms with Gasteiger partial charge in [-0.15, -0.1) is 24.0 Å². The summed E-state index contributed by atoms with van der Waals surface area (Å²) in [7, 11) is 0. The summed E-state index contributed by atoms with van der Waals surface area (Å²) < 4.78 is 11.0. The molecular formula is C24H29IN4O3. The van der Waals surface area contributed by atoms with E-state index in [-0.39, 0.29) is 36.6 Å². The molecule has 0 bridgehead atoms. The summed E-state index contributed by atoms with van der Waals surface area (Å²) in [6.07, 6.45) is 0. The summed E-state index contributed by atoms with van der Waals surface area (Å²) in [5.74, 6) is 1.72. The van der Waals surface area contributed by atoms with Gasteiger partial charge in [0.25, 0.3) is 0 Å². The number of carbonyl (C=O) groups excluding carboxylic acids is 1. The third kappa shape index (κ3) is 7.67. The Labute approximate surface area is 205 Å². The molecule has 0 atom stereocenters. The van der Waals surface area contributed by atoms with E-state index in [2.05, 4.69) is 20.6 Å². The topological polar surface area (TPSA) is 88.8 Å². The monoisotopic (exact) mass is 548 g/mol. The summed E-state index contributed by atoms with van der Waals surface area (Å²) in [6.45, 7) is 7.63. The number of nitrogens with one attached hydrogen (secondary N) is 2. The van der Waals surface area contributed by atoms with Crippen LogP contribution in [-0.2, 0) is 24.4 Å². The van der Waals surface area contributed by atoms with Gasteiger partial charge in [-0.05, 0) is 44.0 Å². The number of ether oxygens (including phenoxy) is 1. The Morgan fingerprint density at radius 1 is 1.06 bits per heavy atom. The van der Waals surface area contributed by atoms with Crippen molar-refractivity contribution in [3.8, 4) is 0 Å². The molecule has 0 aliphatic rings. The van der Waals surface area contributed by atoms with Crippen LogP contribution in [-0.4, -0.2) is 23.5 Å². The second kappa shape index (κ2) is 12.8. The number of halogens is 1. The summed E-state index contributed by atoms with van der Waals surface area (Å²) in [5.41, 5.74) is 3.26. The number of oxazole rings is 1. The van der Waals surface area contributed by atoms with Crippen molar-refractivity contribution in [2.24, 2.45) is 4.99 Å². The maximum atomic E-state index is 12.4. The van der Waals surface area contributed by atoms with Crippen LogP contribution < -0.4 is 10.6 Å². The van der Waals surface area contributed by atoms with E-state index in [0.29, 0.717) is 30.5 Å². The van der Waals surface area contributed by atoms with Gasteiger partial charge in [0.15, 0.2) is 5.96 Å². The molecule has 0 aliphatic heterocycles. The maximum Gasteiger partial charge on any atom is 0.338 e. The van der Waals surface area contributed by atoms with Gasteiger partial charge in [0.2, 0.25) is 5.89 Å². The molecule has 2 N–H and O–H groups in total. The van der Waals surface area contributed by atoms with Crippen molar-refractivity contribution >= 4 is 35.9 Å². The maximum absolute atomic E-state index is 12.4. The molecule has 0 saturated heterocycles. The second-order valence-electron chi connectivity index (χ2n) is 7.06. The first kappa shape index (κ1) is 25.4. The quantitative estimate of drug-likeness (QED) is 0.186. The van der Waals surface area contributed by atoms with Crippen LogP contribution >= 0.6 is 24.0 Å². The van der Waals surface area contributed by atoms with Crippen LogP contribution in [0.3, 0.4) is 0 Å². The van der Waals surface area contributed by atoms with Crippen molar-refractivity contribution in [1.29, 1.82) is 0 Å². The van der Waals surface area contributed by atoms with Crippen LogP contribution in [0.1, 0.15) is 45.8 Å². The number of guanidine groups is 1. The number of hydrogen-bond donors (Lipinski definition) is 2. The number of hydrogen-bond acceptors (Lipinski definition) is 5. The van der Waals surface area contributed by atoms with Crippen LogP contribution in [0.15, 0.2) is 64.0 Å². The van der Waals surface area contributed by atoms with Gasteiger partial charge in [0.1, 0.15) is 12.4 Å². The Balaban J connectivity index is 0.00000363. The van der Waals surface area contributed by atoms with Crippen LogP contribution in [0.2, 0.25) is 0 Å². The lowest BCUT2D eigenvalue weighted by atomic mass is 10.1. The van der Waals surface area contributed by atoms with Crippen molar-refractivity contribution in [2.45, 2.75) is 40.5 Å². The van der Waals surface area contributed by atoms with E-state index in [0.717, 1.165) is 29.1 Å². The fraction of sp³-hybridized carbons (Fsp3) is 0.292. The fourth-order valence-corrected chi connectivity index (χ4v) is 2.89. The van der Waals surface area contributed by atoms with Crippen LogP contribution in [0.25, 0.3) is 0 Å². The third-order valence-corrected chi connectivity index (χ3v) is 4.62. The van der Waals surface area contributed by atoms with E-state index in [1.807, 2.05) is 63.2 Å². The van der Waals surface area contributed by atoms with Crippen molar-refractivity contribution in [3.63, 3.8) is 0 Å². The number of aryl methyl sites for hydroxylation is 2. The highest BCUT2D eigenvalue weighted by molar-refractivity contribution is 14.0. The fourth-order valence-electron chi connectivity index (χ4n) is 2.89. The van der Waals surface area contributed by atoms with Crippen molar-refractivity contribution in [3.05, 3.63) is 88.6 Å². The summed E-state index contributed by atoms with van der Waals surface area (Å²) in [6, 6.07) is 16.9. The molecule has 1 aromatic heterocycles. The molecule has 0 spiro atoms. The molecule has 32 heavy (non-hydrogen) atoms. The highest BCUT2D eigenvalue weighted by Gasteiger charge is 2.09. The Kier molecular flexibility index (Phi) is 10.2. The minimum Gasteiger partial charge on any atom is -0.457 e. The lowest BCUT2D eigenvalue weighted by molar-refractivity contribution is 0.0472. The third-order valence-electron chi connectivity index (χ3n) is 4.62. The Morgan fingerprint density at radius 3 is 2.50 bits per heavy atom. The number of aliphatic imine (C=N–C) groups is 1. The van der Waals surface area contributed by atoms with Crippen LogP contribution in [0, 0.1) is 13.8 Å². The minimum atomic E-state index is -0.352. The molecule has 0 fully saturated rings. The van der Waals surface area contributed by atoms with E-state index in [1.165, 1.54) is 0 Å². The summed E-state index contributed by atoms with van der Waals surface area (Å²) in [5, 5.41) is 6.41. The molecule has 170 valence electrons. The predicted octanol–water partition coefficient (Wildman–Crippen LogP) is 4.52. The molecule has 0 radical (unpaired) electrons. The number of carbonyl (C=O) groups is 1. The molecule has 1 heterocycles. The number of aromatic nitrogens is 1. The number of esters is 1. The average molecular weight is 548 g/mol. The van der Waals surface area contributed by atoms with Gasteiger partial charge in [-0.2, -0.15) is 0 Å². The molecule has 0 saturated carbocycles. The standard InChI is InChI=1S/C24H28N4O3.HI/c1-4-25-24(27-15-22-28-17(2)18(3)31-22)26-14-20-11-8-12-21(13-20)23(29)30-16-19-9-6-5-7-10-19;/h5-13H,4,14-16H2,1-3H3,(H2,25,26,27);1H. The smallest absolute Gasteiger partial charge is 0.338 e. The molecule has 0 amide bonds. The summed E-state index contributed by atoms with van der Waals surface area (Å²) >= 11 is 0. The molecule has 0 unspecified atom stereocenters. The van der Waals surface area contributed by atoms with Gasteiger partial charge in [-0.1, -0.05) is 42.5 Å². The van der Waals surface area contributed by atoms with Crippen LogP contribution in [0.4, 0.5) is 0 Å². The van der Waals surface area contributed by atoms with Crippen molar-refractivity contribution in [2.75, 3.05) is 6.54 Å². The number of nitrogens with zero attached hydrogens (tertiary/aromatic N) is 2. The molecule has 7 nitrogen and oxygen atoms in total. The molecule has 2 aromatic carbocycles. The van der Waals surface area contributed by atoms with Crippen molar-refractivity contribution in [1.82, 2.24) is 15.6 Å². The van der Waals surface area contributed by atoms with Gasteiger partial charge < -0.3 is 19.8 Å². The zero-order valence-corrected chi connectivity index (χ0v) is 20.9. The zero-order valence-electron chi connectivity index (χ0n) is 18.6. The van der Waals surface area contributed by atoms with Gasteiger partial charge >= 0.3 is 5.97 Å². The van der Waals surface area contributed by atoms with E-state index < -0.39 is 0 Å². The molecule has 3 aromatic rings. The first-order valence-electron chi connectivity index (χ1n) is 10.3. The second-order valence-corrected chi connectivity index (χ2v) is 7.06. The Hall–Kier alpha value is -2.88. The van der Waals surface area contributed by atoms with E-state index in [1.54, 1.807) is 12.1 Å².